The van der Waals surface area contributed by atoms with Gasteiger partial charge in [-0.15, -0.1) is 0 Å². The number of carbonyl (C=O) groups is 1. The molecule has 1 aromatic rings. The van der Waals surface area contributed by atoms with Crippen LogP contribution in [0.25, 0.3) is 0 Å². The molecule has 0 radical (unpaired) electrons. The molecule has 2 N–H and O–H groups in total. The Labute approximate surface area is 71.8 Å². The maximum absolute atomic E-state index is 10.7. The van der Waals surface area contributed by atoms with Crippen molar-refractivity contribution in [3.05, 3.63) is 34.4 Å². The lowest BCUT2D eigenvalue weighted by Crippen LogP contribution is -1.99. The largest absolute Gasteiger partial charge is 0.561 e. The van der Waals surface area contributed by atoms with Crippen LogP contribution in [0.4, 0.5) is 0 Å². The van der Waals surface area contributed by atoms with Crippen LogP contribution < -0.4 is 0 Å². The van der Waals surface area contributed by atoms with Gasteiger partial charge >= 0.3 is 5.97 Å². The van der Waals surface area contributed by atoms with E-state index in [2.05, 4.69) is 0 Å². The fourth-order valence-electron chi connectivity index (χ4n) is 1.17. The zero-order chi connectivity index (χ0) is 9.30. The van der Waals surface area contributed by atoms with E-state index in [1.165, 1.54) is 5.56 Å². The van der Waals surface area contributed by atoms with Gasteiger partial charge in [0.05, 0.1) is 0 Å². The highest BCUT2D eigenvalue weighted by Gasteiger charge is 2.12. The van der Waals surface area contributed by atoms with Crippen LogP contribution in [0.2, 0.25) is 0 Å². The van der Waals surface area contributed by atoms with Crippen molar-refractivity contribution in [1.29, 1.82) is 0 Å². The minimum atomic E-state index is -0.610. The van der Waals surface area contributed by atoms with Crippen molar-refractivity contribution >= 4 is 5.97 Å². The average Bonchev–Trinajstić information content (AvgIpc) is 1.99. The van der Waals surface area contributed by atoms with Gasteiger partial charge in [0, 0.05) is 4.79 Å². The summed E-state index contributed by atoms with van der Waals surface area (Å²) in [5.41, 5.74) is 3.83. The van der Waals surface area contributed by atoms with Gasteiger partial charge in [0.2, 0.25) is 0 Å². The molecular formula is C10H13O2+. The van der Waals surface area contributed by atoms with Crippen molar-refractivity contribution in [3.8, 4) is 0 Å². The van der Waals surface area contributed by atoms with E-state index >= 15 is 0 Å². The molecule has 0 atom stereocenters. The van der Waals surface area contributed by atoms with Crippen LogP contribution in [0.15, 0.2) is 12.1 Å². The minimum Gasteiger partial charge on any atom is -0.561 e. The van der Waals surface area contributed by atoms with Gasteiger partial charge in [0.25, 0.3) is 0 Å². The van der Waals surface area contributed by atoms with Crippen LogP contribution in [0.5, 0.6) is 0 Å². The second-order valence-corrected chi connectivity index (χ2v) is 3.06. The molecule has 1 aromatic carbocycles. The van der Waals surface area contributed by atoms with Crippen LogP contribution >= 0.6 is 0 Å². The summed E-state index contributed by atoms with van der Waals surface area (Å²) in [5.74, 6) is -0.610. The highest BCUT2D eigenvalue weighted by molar-refractivity contribution is 5.88. The van der Waals surface area contributed by atoms with Gasteiger partial charge < -0.3 is 5.11 Å². The summed E-state index contributed by atoms with van der Waals surface area (Å²) in [6.07, 6.45) is 0. The van der Waals surface area contributed by atoms with Gasteiger partial charge in [-0.25, -0.2) is 0 Å². The topological polar surface area (TPSA) is 40.0 Å². The highest BCUT2D eigenvalue weighted by Crippen LogP contribution is 2.14. The first-order chi connectivity index (χ1) is 5.52. The van der Waals surface area contributed by atoms with Crippen molar-refractivity contribution in [2.45, 2.75) is 20.8 Å². The SMILES string of the molecule is Cc1cc(C(=O)[OH2+])cc(C)c1C. The molecule has 0 heterocycles. The molecule has 64 valence electrons. The van der Waals surface area contributed by atoms with Crippen molar-refractivity contribution in [1.82, 2.24) is 0 Å². The van der Waals surface area contributed by atoms with Gasteiger partial charge in [-0.1, -0.05) is 0 Å². The zero-order valence-electron chi connectivity index (χ0n) is 7.56. The second-order valence-electron chi connectivity index (χ2n) is 3.06. The summed E-state index contributed by atoms with van der Waals surface area (Å²) in [5, 5.41) is 6.94. The van der Waals surface area contributed by atoms with Crippen LogP contribution in [0, 0.1) is 20.8 Å². The maximum Gasteiger partial charge on any atom is 0.549 e. The molecule has 0 saturated heterocycles. The lowest BCUT2D eigenvalue weighted by molar-refractivity contribution is 0.0696. The van der Waals surface area contributed by atoms with E-state index in [0.29, 0.717) is 5.56 Å². The first-order valence-electron chi connectivity index (χ1n) is 3.86. The Morgan fingerprint density at radius 2 is 1.58 bits per heavy atom. The molecule has 1 rings (SSSR count). The number of hydrogen-bond acceptors (Lipinski definition) is 1. The fourth-order valence-corrected chi connectivity index (χ4v) is 1.17. The van der Waals surface area contributed by atoms with Crippen molar-refractivity contribution in [3.63, 3.8) is 0 Å². The molecule has 0 spiro atoms. The Balaban J connectivity index is 3.31. The van der Waals surface area contributed by atoms with Gasteiger partial charge in [-0.05, 0) is 49.6 Å². The van der Waals surface area contributed by atoms with Crippen molar-refractivity contribution in [2.75, 3.05) is 0 Å². The first-order valence-corrected chi connectivity index (χ1v) is 3.86. The third-order valence-corrected chi connectivity index (χ3v) is 2.19. The Kier molecular flexibility index (Phi) is 2.18. The molecule has 0 fully saturated rings. The number of benzene rings is 1. The molecule has 2 heteroatoms. The lowest BCUT2D eigenvalue weighted by atomic mass is 10.0. The monoisotopic (exact) mass is 165 g/mol. The standard InChI is InChI=1S/C10H12O2/c1-6-4-9(10(11)12)5-7(2)8(6)3/h4-5H,1-3H3,(H,11,12)/p+1. The lowest BCUT2D eigenvalue weighted by Gasteiger charge is -2.03. The van der Waals surface area contributed by atoms with E-state index in [9.17, 15) is 4.79 Å². The van der Waals surface area contributed by atoms with Crippen LogP contribution in [-0.2, 0) is 0 Å². The van der Waals surface area contributed by atoms with Gasteiger partial charge in [0.1, 0.15) is 5.56 Å². The molecule has 0 aliphatic heterocycles. The molecule has 12 heavy (non-hydrogen) atoms. The van der Waals surface area contributed by atoms with Crippen LogP contribution in [-0.4, -0.2) is 11.1 Å². The smallest absolute Gasteiger partial charge is 0.549 e. The Bertz CT molecular complexity index is 304. The summed E-state index contributed by atoms with van der Waals surface area (Å²) < 4.78 is 0. The van der Waals surface area contributed by atoms with E-state index in [1.807, 2.05) is 20.8 Å². The number of aryl methyl sites for hydroxylation is 2. The molecule has 0 aliphatic carbocycles. The number of carbonyl (C=O) groups excluding carboxylic acids is 1. The average molecular weight is 165 g/mol. The van der Waals surface area contributed by atoms with E-state index in [1.54, 1.807) is 12.1 Å². The maximum atomic E-state index is 10.7. The summed E-state index contributed by atoms with van der Waals surface area (Å²) >= 11 is 0. The molecule has 0 bridgehead atoms. The normalized spacial score (nSPS) is 9.92. The molecule has 0 saturated carbocycles. The third-order valence-electron chi connectivity index (χ3n) is 2.19. The number of hydrogen-bond donors (Lipinski definition) is 0. The highest BCUT2D eigenvalue weighted by atomic mass is 16.4. The summed E-state index contributed by atoms with van der Waals surface area (Å²) in [4.78, 5) is 10.7. The quantitative estimate of drug-likeness (QED) is 0.581. The summed E-state index contributed by atoms with van der Waals surface area (Å²) in [6.45, 7) is 5.92. The Morgan fingerprint density at radius 1 is 1.17 bits per heavy atom. The van der Waals surface area contributed by atoms with Crippen LogP contribution in [0.1, 0.15) is 27.0 Å². The van der Waals surface area contributed by atoms with E-state index in [4.69, 9.17) is 5.11 Å². The summed E-state index contributed by atoms with van der Waals surface area (Å²) in [6, 6.07) is 3.52. The van der Waals surface area contributed by atoms with Crippen LogP contribution in [0.3, 0.4) is 0 Å². The number of rotatable bonds is 1. The molecule has 0 aliphatic rings. The van der Waals surface area contributed by atoms with Gasteiger partial charge in [-0.2, -0.15) is 0 Å². The Morgan fingerprint density at radius 3 is 1.92 bits per heavy atom. The molecule has 2 nitrogen and oxygen atoms in total. The second kappa shape index (κ2) is 2.97. The van der Waals surface area contributed by atoms with Gasteiger partial charge in [0.15, 0.2) is 0 Å². The summed E-state index contributed by atoms with van der Waals surface area (Å²) in [7, 11) is 0. The zero-order valence-corrected chi connectivity index (χ0v) is 7.56. The first kappa shape index (κ1) is 8.78. The predicted octanol–water partition coefficient (Wildman–Crippen LogP) is 1.48. The third kappa shape index (κ3) is 1.47. The molecule has 0 unspecified atom stereocenters. The van der Waals surface area contributed by atoms with E-state index in [-0.39, 0.29) is 0 Å². The predicted molar refractivity (Wildman–Crippen MR) is 48.6 cm³/mol. The van der Waals surface area contributed by atoms with E-state index in [0.717, 1.165) is 11.1 Å². The van der Waals surface area contributed by atoms with Crippen molar-refractivity contribution in [2.24, 2.45) is 0 Å². The van der Waals surface area contributed by atoms with Gasteiger partial charge in [-0.3, -0.25) is 0 Å². The fraction of sp³-hybridized carbons (Fsp3) is 0.300. The Hall–Kier alpha value is -1.31. The molecular weight excluding hydrogens is 152 g/mol. The minimum absolute atomic E-state index is 0.482. The van der Waals surface area contributed by atoms with Crippen molar-refractivity contribution < 1.29 is 9.90 Å². The van der Waals surface area contributed by atoms with E-state index < -0.39 is 5.97 Å². The molecule has 0 aromatic heterocycles. The molecule has 0 amide bonds.